The van der Waals surface area contributed by atoms with Crippen LogP contribution in [0.25, 0.3) is 0 Å². The molecule has 0 spiro atoms. The fraction of sp³-hybridized carbons (Fsp3) is 0.429. The van der Waals surface area contributed by atoms with Gasteiger partial charge in [0.1, 0.15) is 47.3 Å². The second-order valence-corrected chi connectivity index (χ2v) is 10.3. The minimum absolute atomic E-state index is 0.00903. The van der Waals surface area contributed by atoms with E-state index >= 15 is 0 Å². The van der Waals surface area contributed by atoms with Gasteiger partial charge in [-0.2, -0.15) is 0 Å². The molecule has 0 fully saturated rings. The lowest BCUT2D eigenvalue weighted by Crippen LogP contribution is -2.33. The van der Waals surface area contributed by atoms with Crippen LogP contribution in [0.4, 0.5) is 0 Å². The lowest BCUT2D eigenvalue weighted by molar-refractivity contribution is -0.187. The molecule has 218 valence electrons. The number of carbonyl (C=O) groups is 4. The zero-order valence-electron chi connectivity index (χ0n) is 23.5. The molecule has 0 aliphatic rings. The Balaban J connectivity index is 1.87. The van der Waals surface area contributed by atoms with Gasteiger partial charge < -0.3 is 18.9 Å². The Morgan fingerprint density at radius 2 is 0.950 bits per heavy atom. The number of esters is 2. The van der Waals surface area contributed by atoms with Crippen LogP contribution in [0.2, 0.25) is 0 Å². The number of hydrogen-bond acceptors (Lipinski definition) is 12. The van der Waals surface area contributed by atoms with Crippen LogP contribution in [0.15, 0.2) is 48.5 Å². The summed E-state index contributed by atoms with van der Waals surface area (Å²) in [4.78, 5) is 58.3. The highest BCUT2D eigenvalue weighted by Crippen LogP contribution is 2.21. The highest BCUT2D eigenvalue weighted by molar-refractivity contribution is 5.95. The summed E-state index contributed by atoms with van der Waals surface area (Å²) in [6.45, 7) is 10.1. The van der Waals surface area contributed by atoms with Crippen molar-refractivity contribution in [3.8, 4) is 11.5 Å². The van der Waals surface area contributed by atoms with Gasteiger partial charge >= 0.3 is 23.9 Å². The number of rotatable bonds is 12. The Kier molecular flexibility index (Phi) is 11.9. The average molecular weight is 561 g/mol. The van der Waals surface area contributed by atoms with Crippen LogP contribution >= 0.6 is 0 Å². The number of carbonyl (C=O) groups excluding carboxylic acids is 4. The topological polar surface area (TPSA) is 148 Å². The Morgan fingerprint density at radius 1 is 0.600 bits per heavy atom. The van der Waals surface area contributed by atoms with Crippen molar-refractivity contribution in [2.75, 3.05) is 26.6 Å². The summed E-state index contributed by atoms with van der Waals surface area (Å²) < 4.78 is 21.4. The molecular weight excluding hydrogens is 524 g/mol. The van der Waals surface area contributed by atoms with Crippen LogP contribution in [0, 0.1) is 0 Å². The third-order valence-corrected chi connectivity index (χ3v) is 4.45. The molecule has 40 heavy (non-hydrogen) atoms. The van der Waals surface area contributed by atoms with Gasteiger partial charge in [-0.05, 0) is 65.8 Å². The van der Waals surface area contributed by atoms with Crippen LogP contribution in [0.1, 0.15) is 62.3 Å². The number of benzene rings is 2. The molecule has 2 aromatic carbocycles. The van der Waals surface area contributed by atoms with Crippen molar-refractivity contribution < 1.29 is 47.9 Å². The van der Waals surface area contributed by atoms with Crippen molar-refractivity contribution in [2.24, 2.45) is 0 Å². The molecule has 12 nitrogen and oxygen atoms in total. The molecule has 2 aromatic rings. The molecule has 0 saturated heterocycles. The first-order chi connectivity index (χ1) is 18.7. The number of ether oxygens (including phenoxy) is 4. The van der Waals surface area contributed by atoms with E-state index < -0.39 is 35.1 Å². The Hall–Kier alpha value is -4.16. The lowest BCUT2D eigenvalue weighted by atomic mass is 10.2. The molecule has 0 heterocycles. The van der Waals surface area contributed by atoms with Crippen molar-refractivity contribution in [1.82, 2.24) is 10.6 Å². The van der Waals surface area contributed by atoms with Gasteiger partial charge in [0.2, 0.25) is 0 Å². The van der Waals surface area contributed by atoms with Crippen LogP contribution in [0.3, 0.4) is 0 Å². The van der Waals surface area contributed by atoms with E-state index in [1.807, 2.05) is 0 Å². The first kappa shape index (κ1) is 32.1. The minimum Gasteiger partial charge on any atom is -0.477 e. The van der Waals surface area contributed by atoms with Gasteiger partial charge in [0, 0.05) is 0 Å². The molecule has 0 bridgehead atoms. The van der Waals surface area contributed by atoms with Gasteiger partial charge in [-0.15, -0.1) is 0 Å². The van der Waals surface area contributed by atoms with Gasteiger partial charge in [0.05, 0.1) is 13.1 Å². The van der Waals surface area contributed by atoms with E-state index in [2.05, 4.69) is 10.6 Å². The van der Waals surface area contributed by atoms with E-state index in [4.69, 9.17) is 28.7 Å². The maximum absolute atomic E-state index is 12.6. The number of para-hydroxylation sites is 2. The van der Waals surface area contributed by atoms with E-state index in [0.29, 0.717) is 0 Å². The predicted octanol–water partition coefficient (Wildman–Crippen LogP) is 3.15. The van der Waals surface area contributed by atoms with E-state index in [1.165, 1.54) is 24.3 Å². The first-order valence-corrected chi connectivity index (χ1v) is 12.5. The van der Waals surface area contributed by atoms with Gasteiger partial charge in [0.25, 0.3) is 0 Å². The maximum Gasteiger partial charge on any atom is 0.390 e. The smallest absolute Gasteiger partial charge is 0.390 e. The van der Waals surface area contributed by atoms with Crippen molar-refractivity contribution in [3.05, 3.63) is 59.7 Å². The highest BCUT2D eigenvalue weighted by atomic mass is 17.2. The Bertz CT molecular complexity index is 1080. The third-order valence-electron chi connectivity index (χ3n) is 4.45. The molecule has 0 aliphatic heterocycles. The second kappa shape index (κ2) is 14.8. The van der Waals surface area contributed by atoms with Crippen LogP contribution in [-0.4, -0.2) is 61.6 Å². The third kappa shape index (κ3) is 12.1. The first-order valence-electron chi connectivity index (χ1n) is 12.5. The zero-order chi connectivity index (χ0) is 29.8. The summed E-state index contributed by atoms with van der Waals surface area (Å²) >= 11 is 0. The van der Waals surface area contributed by atoms with Crippen LogP contribution in [0.5, 0.6) is 11.5 Å². The minimum atomic E-state index is -0.978. The monoisotopic (exact) mass is 560 g/mol. The van der Waals surface area contributed by atoms with Crippen molar-refractivity contribution in [2.45, 2.75) is 52.7 Å². The second-order valence-electron chi connectivity index (χ2n) is 10.3. The molecule has 0 unspecified atom stereocenters. The fourth-order valence-corrected chi connectivity index (χ4v) is 3.01. The van der Waals surface area contributed by atoms with Gasteiger partial charge in [-0.25, -0.2) is 19.4 Å². The molecule has 2 rings (SSSR count). The summed E-state index contributed by atoms with van der Waals surface area (Å²) in [6.07, 6.45) is 0. The quantitative estimate of drug-likeness (QED) is 0.129. The van der Waals surface area contributed by atoms with Crippen molar-refractivity contribution in [3.63, 3.8) is 0 Å². The molecule has 0 aromatic heterocycles. The summed E-state index contributed by atoms with van der Waals surface area (Å²) in [5.41, 5.74) is -1.24. The fourth-order valence-electron chi connectivity index (χ4n) is 3.01. The maximum atomic E-state index is 12.6. The molecule has 12 heteroatoms. The molecular formula is C28H36N2O10. The zero-order valence-corrected chi connectivity index (χ0v) is 23.5. The van der Waals surface area contributed by atoms with Crippen LogP contribution in [-0.2, 0) is 28.8 Å². The molecule has 2 N–H and O–H groups in total. The average Bonchev–Trinajstić information content (AvgIpc) is 2.86. The van der Waals surface area contributed by atoms with Gasteiger partial charge in [-0.3, -0.25) is 20.2 Å². The van der Waals surface area contributed by atoms with Crippen molar-refractivity contribution >= 4 is 23.9 Å². The van der Waals surface area contributed by atoms with E-state index in [0.717, 1.165) is 0 Å². The van der Waals surface area contributed by atoms with Gasteiger partial charge in [0.15, 0.2) is 0 Å². The Labute approximate surface area is 233 Å². The summed E-state index contributed by atoms with van der Waals surface area (Å²) in [6, 6.07) is 12.3. The van der Waals surface area contributed by atoms with E-state index in [-0.39, 0.29) is 49.2 Å². The number of hydrogen-bond donors (Lipinski definition) is 2. The molecule has 0 atom stereocenters. The SMILES string of the molecule is CC(C)(C)OC(=O)CNCOc1ccccc1C(=O)OOC(=O)c1ccccc1OCNCC(=O)OC(C)(C)C. The standard InChI is InChI=1S/C28H36N2O10/c1-27(2,3)37-23(31)15-29-17-35-21-13-9-7-11-19(21)25(33)39-40-26(34)20-12-8-10-14-22(20)36-18-30-16-24(32)38-28(4,5)6/h7-14,29-30H,15-18H2,1-6H3. The summed E-state index contributed by atoms with van der Waals surface area (Å²) in [7, 11) is 0. The van der Waals surface area contributed by atoms with Crippen LogP contribution < -0.4 is 20.1 Å². The molecule has 0 amide bonds. The predicted molar refractivity (Wildman–Crippen MR) is 142 cm³/mol. The Morgan fingerprint density at radius 3 is 1.30 bits per heavy atom. The lowest BCUT2D eigenvalue weighted by Gasteiger charge is -2.19. The number of nitrogens with one attached hydrogen (secondary N) is 2. The van der Waals surface area contributed by atoms with Crippen molar-refractivity contribution in [1.29, 1.82) is 0 Å². The largest absolute Gasteiger partial charge is 0.477 e. The van der Waals surface area contributed by atoms with Gasteiger partial charge in [-0.1, -0.05) is 24.3 Å². The normalized spacial score (nSPS) is 11.2. The summed E-state index contributed by atoms with van der Waals surface area (Å²) in [5, 5.41) is 5.52. The molecule has 0 radical (unpaired) electrons. The summed E-state index contributed by atoms with van der Waals surface area (Å²) in [5.74, 6) is -2.60. The van der Waals surface area contributed by atoms with E-state index in [1.54, 1.807) is 65.8 Å². The molecule has 0 aliphatic carbocycles. The van der Waals surface area contributed by atoms with E-state index in [9.17, 15) is 19.2 Å². The molecule has 0 saturated carbocycles. The highest BCUT2D eigenvalue weighted by Gasteiger charge is 2.21.